The van der Waals surface area contributed by atoms with Crippen LogP contribution in [-0.2, 0) is 4.74 Å². The van der Waals surface area contributed by atoms with Gasteiger partial charge in [-0.3, -0.25) is 4.90 Å². The first kappa shape index (κ1) is 14.9. The van der Waals surface area contributed by atoms with Crippen LogP contribution in [0.1, 0.15) is 45.2 Å². The molecule has 0 bridgehead atoms. The van der Waals surface area contributed by atoms with Crippen molar-refractivity contribution in [2.45, 2.75) is 51.3 Å². The quantitative estimate of drug-likeness (QED) is 0.903. The van der Waals surface area contributed by atoms with E-state index in [1.54, 1.807) is 4.90 Å². The molecule has 110 valence electrons. The monoisotopic (exact) mass is 277 g/mol. The summed E-state index contributed by atoms with van der Waals surface area (Å²) in [5.41, 5.74) is 0.565. The summed E-state index contributed by atoms with van der Waals surface area (Å²) in [5, 5.41) is 9.50. The van der Waals surface area contributed by atoms with Gasteiger partial charge in [-0.1, -0.05) is 30.3 Å². The third kappa shape index (κ3) is 3.31. The van der Waals surface area contributed by atoms with Crippen molar-refractivity contribution in [3.05, 3.63) is 35.9 Å². The second kappa shape index (κ2) is 5.83. The summed E-state index contributed by atoms with van der Waals surface area (Å²) < 4.78 is 5.48. The average molecular weight is 277 g/mol. The second-order valence-electron chi connectivity index (χ2n) is 6.23. The Labute approximate surface area is 120 Å². The lowest BCUT2D eigenvalue weighted by Gasteiger charge is -2.32. The van der Waals surface area contributed by atoms with E-state index in [0.29, 0.717) is 0 Å². The molecule has 1 aromatic rings. The number of hydrogen-bond donors (Lipinski definition) is 1. The topological polar surface area (TPSA) is 49.8 Å². The van der Waals surface area contributed by atoms with E-state index in [2.05, 4.69) is 0 Å². The van der Waals surface area contributed by atoms with E-state index in [1.807, 2.05) is 51.1 Å². The SMILES string of the molecule is CC(C)(C)OC(=O)N1C(CO)CCC1c1ccccc1. The van der Waals surface area contributed by atoms with Gasteiger partial charge in [0.05, 0.1) is 18.7 Å². The van der Waals surface area contributed by atoms with Crippen LogP contribution in [0.5, 0.6) is 0 Å². The van der Waals surface area contributed by atoms with Crippen molar-refractivity contribution in [3.8, 4) is 0 Å². The second-order valence-corrected chi connectivity index (χ2v) is 6.23. The molecule has 4 nitrogen and oxygen atoms in total. The molecule has 0 aromatic heterocycles. The number of carbonyl (C=O) groups excluding carboxylic acids is 1. The van der Waals surface area contributed by atoms with Crippen LogP contribution in [-0.4, -0.2) is 34.3 Å². The summed E-state index contributed by atoms with van der Waals surface area (Å²) in [5.74, 6) is 0. The van der Waals surface area contributed by atoms with Crippen LogP contribution >= 0.6 is 0 Å². The Balaban J connectivity index is 2.22. The largest absolute Gasteiger partial charge is 0.444 e. The van der Waals surface area contributed by atoms with E-state index < -0.39 is 5.60 Å². The summed E-state index contributed by atoms with van der Waals surface area (Å²) in [4.78, 5) is 14.1. The molecular formula is C16H23NO3. The number of amides is 1. The van der Waals surface area contributed by atoms with Gasteiger partial charge < -0.3 is 9.84 Å². The van der Waals surface area contributed by atoms with Crippen molar-refractivity contribution in [3.63, 3.8) is 0 Å². The highest BCUT2D eigenvalue weighted by Gasteiger charge is 2.39. The number of likely N-dealkylation sites (tertiary alicyclic amines) is 1. The highest BCUT2D eigenvalue weighted by molar-refractivity contribution is 5.70. The number of aliphatic hydroxyl groups excluding tert-OH is 1. The fourth-order valence-corrected chi connectivity index (χ4v) is 2.66. The maximum atomic E-state index is 12.4. The van der Waals surface area contributed by atoms with Gasteiger partial charge in [0.1, 0.15) is 5.60 Å². The maximum absolute atomic E-state index is 12.4. The molecule has 1 N–H and O–H groups in total. The molecule has 1 aromatic carbocycles. The van der Waals surface area contributed by atoms with Crippen LogP contribution in [0.4, 0.5) is 4.79 Å². The number of aliphatic hydroxyl groups is 1. The van der Waals surface area contributed by atoms with Crippen molar-refractivity contribution in [1.82, 2.24) is 4.90 Å². The minimum absolute atomic E-state index is 0.0109. The highest BCUT2D eigenvalue weighted by atomic mass is 16.6. The molecule has 0 spiro atoms. The number of benzene rings is 1. The number of rotatable bonds is 2. The first-order chi connectivity index (χ1) is 9.42. The standard InChI is InChI=1S/C16H23NO3/c1-16(2,3)20-15(19)17-13(11-18)9-10-14(17)12-7-5-4-6-8-12/h4-8,13-14,18H,9-11H2,1-3H3. The molecule has 1 heterocycles. The van der Waals surface area contributed by atoms with Crippen LogP contribution in [0.15, 0.2) is 30.3 Å². The third-order valence-electron chi connectivity index (χ3n) is 3.50. The number of hydrogen-bond acceptors (Lipinski definition) is 3. The summed E-state index contributed by atoms with van der Waals surface area (Å²) >= 11 is 0. The van der Waals surface area contributed by atoms with Gasteiger partial charge in [-0.2, -0.15) is 0 Å². The zero-order valence-electron chi connectivity index (χ0n) is 12.4. The Bertz CT molecular complexity index is 453. The predicted octanol–water partition coefficient (Wildman–Crippen LogP) is 3.12. The fourth-order valence-electron chi connectivity index (χ4n) is 2.66. The average Bonchev–Trinajstić information content (AvgIpc) is 2.81. The Kier molecular flexibility index (Phi) is 4.33. The Morgan fingerprint density at radius 2 is 1.95 bits per heavy atom. The lowest BCUT2D eigenvalue weighted by Crippen LogP contribution is -2.42. The molecule has 1 amide bonds. The van der Waals surface area contributed by atoms with Crippen molar-refractivity contribution in [1.29, 1.82) is 0 Å². The van der Waals surface area contributed by atoms with Crippen LogP contribution < -0.4 is 0 Å². The molecule has 2 unspecified atom stereocenters. The first-order valence-corrected chi connectivity index (χ1v) is 7.09. The molecule has 1 saturated heterocycles. The van der Waals surface area contributed by atoms with Crippen molar-refractivity contribution in [2.24, 2.45) is 0 Å². The van der Waals surface area contributed by atoms with Crippen molar-refractivity contribution in [2.75, 3.05) is 6.61 Å². The maximum Gasteiger partial charge on any atom is 0.411 e. The third-order valence-corrected chi connectivity index (χ3v) is 3.50. The summed E-state index contributed by atoms with van der Waals surface area (Å²) in [6.07, 6.45) is 1.31. The lowest BCUT2D eigenvalue weighted by molar-refractivity contribution is 0.00869. The van der Waals surface area contributed by atoms with E-state index in [4.69, 9.17) is 4.74 Å². The summed E-state index contributed by atoms with van der Waals surface area (Å²) in [6, 6.07) is 9.76. The van der Waals surface area contributed by atoms with Gasteiger partial charge in [-0.25, -0.2) is 4.79 Å². The van der Waals surface area contributed by atoms with Gasteiger partial charge in [-0.05, 0) is 39.2 Å². The zero-order valence-corrected chi connectivity index (χ0v) is 12.4. The lowest BCUT2D eigenvalue weighted by atomic mass is 10.1. The van der Waals surface area contributed by atoms with Crippen LogP contribution in [0.25, 0.3) is 0 Å². The van der Waals surface area contributed by atoms with E-state index in [0.717, 1.165) is 18.4 Å². The normalized spacial score (nSPS) is 22.9. The summed E-state index contributed by atoms with van der Waals surface area (Å²) in [7, 11) is 0. The predicted molar refractivity (Wildman–Crippen MR) is 77.4 cm³/mol. The Morgan fingerprint density at radius 1 is 1.30 bits per heavy atom. The van der Waals surface area contributed by atoms with E-state index in [9.17, 15) is 9.90 Å². The van der Waals surface area contributed by atoms with Gasteiger partial charge in [0.2, 0.25) is 0 Å². The van der Waals surface area contributed by atoms with Crippen LogP contribution in [0.2, 0.25) is 0 Å². The fraction of sp³-hybridized carbons (Fsp3) is 0.562. The molecule has 2 rings (SSSR count). The molecule has 20 heavy (non-hydrogen) atoms. The van der Waals surface area contributed by atoms with Gasteiger partial charge in [0.15, 0.2) is 0 Å². The number of nitrogens with zero attached hydrogens (tertiary/aromatic N) is 1. The molecule has 1 aliphatic rings. The molecule has 4 heteroatoms. The molecule has 0 radical (unpaired) electrons. The summed E-state index contributed by atoms with van der Waals surface area (Å²) in [6.45, 7) is 5.54. The van der Waals surface area contributed by atoms with Gasteiger partial charge >= 0.3 is 6.09 Å². The smallest absolute Gasteiger partial charge is 0.411 e. The van der Waals surface area contributed by atoms with Gasteiger partial charge in [0.25, 0.3) is 0 Å². The molecule has 1 aliphatic heterocycles. The molecule has 0 saturated carbocycles. The molecule has 2 atom stereocenters. The molecular weight excluding hydrogens is 254 g/mol. The van der Waals surface area contributed by atoms with Gasteiger partial charge in [-0.15, -0.1) is 0 Å². The first-order valence-electron chi connectivity index (χ1n) is 7.09. The van der Waals surface area contributed by atoms with E-state index >= 15 is 0 Å². The Morgan fingerprint density at radius 3 is 2.50 bits per heavy atom. The Hall–Kier alpha value is -1.55. The highest BCUT2D eigenvalue weighted by Crippen LogP contribution is 2.36. The van der Waals surface area contributed by atoms with Crippen LogP contribution in [0, 0.1) is 0 Å². The van der Waals surface area contributed by atoms with E-state index in [1.165, 1.54) is 0 Å². The van der Waals surface area contributed by atoms with E-state index in [-0.39, 0.29) is 24.8 Å². The van der Waals surface area contributed by atoms with Gasteiger partial charge in [0, 0.05) is 0 Å². The number of carbonyl (C=O) groups is 1. The number of ether oxygens (including phenoxy) is 1. The molecule has 0 aliphatic carbocycles. The zero-order chi connectivity index (χ0) is 14.8. The minimum atomic E-state index is -0.527. The minimum Gasteiger partial charge on any atom is -0.444 e. The van der Waals surface area contributed by atoms with Crippen molar-refractivity contribution < 1.29 is 14.6 Å². The molecule has 1 fully saturated rings. The van der Waals surface area contributed by atoms with Crippen LogP contribution in [0.3, 0.4) is 0 Å². The van der Waals surface area contributed by atoms with Crippen molar-refractivity contribution >= 4 is 6.09 Å².